The van der Waals surface area contributed by atoms with E-state index in [1.807, 2.05) is 31.2 Å². The van der Waals surface area contributed by atoms with Crippen molar-refractivity contribution in [2.75, 3.05) is 59.0 Å². The largest absolute Gasteiger partial charge is 0.379 e. The zero-order valence-corrected chi connectivity index (χ0v) is 22.9. The fraction of sp³-hybridized carbons (Fsp3) is 0.533. The topological polar surface area (TPSA) is 91.1 Å². The summed E-state index contributed by atoms with van der Waals surface area (Å²) in [6, 6.07) is 15.8. The Hall–Kier alpha value is -2.78. The number of nitrogens with zero attached hydrogens (tertiary/aromatic N) is 3. The molecule has 2 aromatic rings. The van der Waals surface area contributed by atoms with E-state index in [1.165, 1.54) is 11.1 Å². The van der Waals surface area contributed by atoms with Crippen LogP contribution in [0.4, 0.5) is 0 Å². The number of carbonyl (C=O) groups is 2. The molecule has 0 aromatic heterocycles. The Morgan fingerprint density at radius 1 is 1.05 bits per heavy atom. The molecule has 0 spiro atoms. The first-order valence-electron chi connectivity index (χ1n) is 13.9. The lowest BCUT2D eigenvalue weighted by molar-refractivity contribution is -0.127. The molecule has 2 fully saturated rings. The molecule has 4 rings (SSSR count). The molecule has 0 aliphatic carbocycles. The lowest BCUT2D eigenvalue weighted by atomic mass is 9.93. The van der Waals surface area contributed by atoms with Gasteiger partial charge in [-0.05, 0) is 49.9 Å². The van der Waals surface area contributed by atoms with E-state index in [9.17, 15) is 9.59 Å². The predicted octanol–water partition coefficient (Wildman–Crippen LogP) is 2.19. The number of likely N-dealkylation sites (tertiary alicyclic amines) is 1. The highest BCUT2D eigenvalue weighted by Crippen LogP contribution is 2.26. The van der Waals surface area contributed by atoms with Gasteiger partial charge in [0.2, 0.25) is 5.91 Å². The van der Waals surface area contributed by atoms with E-state index >= 15 is 0 Å². The molecule has 206 valence electrons. The Morgan fingerprint density at radius 3 is 2.50 bits per heavy atom. The fourth-order valence-electron chi connectivity index (χ4n) is 5.44. The molecule has 0 bridgehead atoms. The second kappa shape index (κ2) is 13.8. The normalized spacial score (nSPS) is 20.5. The van der Waals surface area contributed by atoms with Gasteiger partial charge in [-0.25, -0.2) is 0 Å². The van der Waals surface area contributed by atoms with Crippen molar-refractivity contribution in [2.24, 2.45) is 5.73 Å². The van der Waals surface area contributed by atoms with Crippen LogP contribution in [0, 0.1) is 13.8 Å². The number of morpholine rings is 1. The van der Waals surface area contributed by atoms with E-state index in [2.05, 4.69) is 46.3 Å². The number of hydrogen-bond acceptors (Lipinski definition) is 6. The summed E-state index contributed by atoms with van der Waals surface area (Å²) in [5, 5.41) is 2.95. The van der Waals surface area contributed by atoms with Crippen LogP contribution in [0.15, 0.2) is 48.5 Å². The van der Waals surface area contributed by atoms with Crippen LogP contribution in [0.3, 0.4) is 0 Å². The highest BCUT2D eigenvalue weighted by Gasteiger charge is 2.38. The number of hydrogen-bond donors (Lipinski definition) is 2. The third-order valence-electron chi connectivity index (χ3n) is 7.84. The molecule has 8 nitrogen and oxygen atoms in total. The van der Waals surface area contributed by atoms with Crippen LogP contribution < -0.4 is 11.1 Å². The van der Waals surface area contributed by atoms with E-state index in [0.717, 1.165) is 57.9 Å². The van der Waals surface area contributed by atoms with Gasteiger partial charge in [0.25, 0.3) is 5.91 Å². The molecule has 2 saturated heterocycles. The Kier molecular flexibility index (Phi) is 10.3. The van der Waals surface area contributed by atoms with Crippen molar-refractivity contribution >= 4 is 11.8 Å². The molecule has 0 radical (unpaired) electrons. The molecule has 8 heteroatoms. The summed E-state index contributed by atoms with van der Waals surface area (Å²) in [5.41, 5.74) is 9.97. The number of ether oxygens (including phenoxy) is 1. The summed E-state index contributed by atoms with van der Waals surface area (Å²) in [7, 11) is 0. The van der Waals surface area contributed by atoms with Gasteiger partial charge < -0.3 is 20.7 Å². The maximum Gasteiger partial charge on any atom is 0.254 e. The zero-order valence-electron chi connectivity index (χ0n) is 22.9. The lowest BCUT2D eigenvalue weighted by Gasteiger charge is -2.43. The van der Waals surface area contributed by atoms with Crippen molar-refractivity contribution in [1.82, 2.24) is 20.0 Å². The second-order valence-electron chi connectivity index (χ2n) is 10.5. The quantitative estimate of drug-likeness (QED) is 0.498. The van der Waals surface area contributed by atoms with Crippen molar-refractivity contribution in [3.63, 3.8) is 0 Å². The number of aryl methyl sites for hydroxylation is 2. The number of amides is 2. The molecule has 2 atom stereocenters. The van der Waals surface area contributed by atoms with Crippen LogP contribution in [0.1, 0.15) is 39.9 Å². The van der Waals surface area contributed by atoms with Gasteiger partial charge in [-0.1, -0.05) is 42.0 Å². The van der Waals surface area contributed by atoms with Crippen LogP contribution in [0.25, 0.3) is 0 Å². The van der Waals surface area contributed by atoms with E-state index < -0.39 is 6.04 Å². The smallest absolute Gasteiger partial charge is 0.254 e. The van der Waals surface area contributed by atoms with Crippen molar-refractivity contribution in [3.8, 4) is 0 Å². The van der Waals surface area contributed by atoms with E-state index in [4.69, 9.17) is 10.5 Å². The molecule has 0 saturated carbocycles. The Morgan fingerprint density at radius 2 is 1.79 bits per heavy atom. The maximum atomic E-state index is 13.5. The van der Waals surface area contributed by atoms with E-state index in [0.29, 0.717) is 31.6 Å². The van der Waals surface area contributed by atoms with Gasteiger partial charge in [-0.15, -0.1) is 0 Å². The molecule has 2 aromatic carbocycles. The van der Waals surface area contributed by atoms with Gasteiger partial charge in [0.1, 0.15) is 6.04 Å². The van der Waals surface area contributed by atoms with Gasteiger partial charge in [0.15, 0.2) is 0 Å². The Balaban J connectivity index is 1.54. The van der Waals surface area contributed by atoms with Gasteiger partial charge in [0.05, 0.1) is 13.2 Å². The summed E-state index contributed by atoms with van der Waals surface area (Å²) < 4.78 is 5.54. The van der Waals surface area contributed by atoms with Crippen molar-refractivity contribution < 1.29 is 14.3 Å². The van der Waals surface area contributed by atoms with Crippen LogP contribution in [0.2, 0.25) is 0 Å². The SMILES string of the molecule is Cc1ccc(C(=O)N2CCC(N(CCN3CCOCC3)Cc3ccccc3C)C[C@@H]2C(=O)NCCN)cc1. The number of benzene rings is 2. The van der Waals surface area contributed by atoms with Gasteiger partial charge in [0, 0.05) is 64.0 Å². The minimum Gasteiger partial charge on any atom is -0.379 e. The zero-order chi connectivity index (χ0) is 26.9. The third-order valence-corrected chi connectivity index (χ3v) is 7.84. The third kappa shape index (κ3) is 7.41. The van der Waals surface area contributed by atoms with E-state index in [-0.39, 0.29) is 17.9 Å². The van der Waals surface area contributed by atoms with Crippen molar-refractivity contribution in [2.45, 2.75) is 45.3 Å². The average Bonchev–Trinajstić information content (AvgIpc) is 2.95. The second-order valence-corrected chi connectivity index (χ2v) is 10.5. The average molecular weight is 522 g/mol. The van der Waals surface area contributed by atoms with Crippen LogP contribution in [0.5, 0.6) is 0 Å². The highest BCUT2D eigenvalue weighted by atomic mass is 16.5. The van der Waals surface area contributed by atoms with Gasteiger partial charge in [-0.3, -0.25) is 19.4 Å². The maximum absolute atomic E-state index is 13.5. The first-order valence-corrected chi connectivity index (χ1v) is 13.9. The number of nitrogens with one attached hydrogen (secondary N) is 1. The number of carbonyl (C=O) groups excluding carboxylic acids is 2. The van der Waals surface area contributed by atoms with Crippen LogP contribution in [-0.4, -0.2) is 97.6 Å². The molecule has 2 aliphatic rings. The van der Waals surface area contributed by atoms with Crippen LogP contribution in [-0.2, 0) is 16.1 Å². The molecule has 2 aliphatic heterocycles. The van der Waals surface area contributed by atoms with Crippen molar-refractivity contribution in [3.05, 3.63) is 70.8 Å². The molecular weight excluding hydrogens is 478 g/mol. The molecule has 3 N–H and O–H groups in total. The van der Waals surface area contributed by atoms with Gasteiger partial charge in [-0.2, -0.15) is 0 Å². The number of rotatable bonds is 10. The Labute approximate surface area is 227 Å². The van der Waals surface area contributed by atoms with Gasteiger partial charge >= 0.3 is 0 Å². The summed E-state index contributed by atoms with van der Waals surface area (Å²) in [6.45, 7) is 11.6. The molecular formula is C30H43N5O3. The highest BCUT2D eigenvalue weighted by molar-refractivity contribution is 5.97. The van der Waals surface area contributed by atoms with Crippen molar-refractivity contribution in [1.29, 1.82) is 0 Å². The van der Waals surface area contributed by atoms with E-state index in [1.54, 1.807) is 4.90 Å². The minimum absolute atomic E-state index is 0.0879. The summed E-state index contributed by atoms with van der Waals surface area (Å²) >= 11 is 0. The standard InChI is InChI=1S/C30H43N5O3/c1-23-7-9-25(10-8-23)30(37)35-14-11-27(21-28(35)29(36)32-13-12-31)34(16-15-33-17-19-38-20-18-33)22-26-6-4-3-5-24(26)2/h3-10,27-28H,11-22,31H2,1-2H3,(H,32,36)/t27?,28-/m1/s1. The Bertz CT molecular complexity index is 1050. The summed E-state index contributed by atoms with van der Waals surface area (Å²) in [5.74, 6) is -0.209. The first-order chi connectivity index (χ1) is 18.5. The number of piperidine rings is 1. The monoisotopic (exact) mass is 521 g/mol. The number of nitrogens with two attached hydrogens (primary N) is 1. The molecule has 2 amide bonds. The fourth-order valence-corrected chi connectivity index (χ4v) is 5.44. The summed E-state index contributed by atoms with van der Waals surface area (Å²) in [6.07, 6.45) is 1.43. The lowest BCUT2D eigenvalue weighted by Crippen LogP contribution is -2.58. The molecule has 38 heavy (non-hydrogen) atoms. The first kappa shape index (κ1) is 28.2. The molecule has 1 unspecified atom stereocenters. The molecule has 2 heterocycles. The predicted molar refractivity (Wildman–Crippen MR) is 150 cm³/mol. The summed E-state index contributed by atoms with van der Waals surface area (Å²) in [4.78, 5) is 33.6. The minimum atomic E-state index is -0.531. The van der Waals surface area contributed by atoms with Crippen LogP contribution >= 0.6 is 0 Å².